The first-order chi connectivity index (χ1) is 13.6. The number of ether oxygens (including phenoxy) is 1. The number of aromatic nitrogens is 2. The summed E-state index contributed by atoms with van der Waals surface area (Å²) in [6, 6.07) is 17.7. The minimum absolute atomic E-state index is 0.145. The van der Waals surface area contributed by atoms with Crippen LogP contribution in [0.5, 0.6) is 5.75 Å². The first kappa shape index (κ1) is 19.5. The summed E-state index contributed by atoms with van der Waals surface area (Å²) in [4.78, 5) is 12.0. The summed E-state index contributed by atoms with van der Waals surface area (Å²) in [5.74, 6) is 0.829. The van der Waals surface area contributed by atoms with E-state index < -0.39 is 0 Å². The summed E-state index contributed by atoms with van der Waals surface area (Å²) >= 11 is 0. The lowest BCUT2D eigenvalue weighted by atomic mass is 10.2. The maximum absolute atomic E-state index is 12.0. The molecule has 6 heteroatoms. The van der Waals surface area contributed by atoms with Gasteiger partial charge in [0.15, 0.2) is 0 Å². The largest absolute Gasteiger partial charge is 0.491 e. The van der Waals surface area contributed by atoms with Crippen molar-refractivity contribution in [1.29, 1.82) is 0 Å². The molecule has 3 aromatic rings. The number of nitrogens with one attached hydrogen (secondary N) is 2. The third-order valence-corrected chi connectivity index (χ3v) is 4.08. The summed E-state index contributed by atoms with van der Waals surface area (Å²) in [6.45, 7) is 5.59. The number of urea groups is 1. The van der Waals surface area contributed by atoms with Crippen LogP contribution in [0.3, 0.4) is 0 Å². The van der Waals surface area contributed by atoms with E-state index in [-0.39, 0.29) is 12.1 Å². The standard InChI is InChI=1S/C22H26N4O2/c1-17(2)28-21-10-8-18(9-11-21)12-23-22(27)24-13-20-14-25-26(16-20)15-19-6-4-3-5-7-19/h3-11,14,16-17H,12-13,15H2,1-2H3,(H2,23,24,27). The molecule has 28 heavy (non-hydrogen) atoms. The predicted octanol–water partition coefficient (Wildman–Crippen LogP) is 3.72. The molecule has 0 fully saturated rings. The molecular formula is C22H26N4O2. The average Bonchev–Trinajstić information content (AvgIpc) is 3.13. The molecule has 1 aromatic heterocycles. The monoisotopic (exact) mass is 378 g/mol. The second kappa shape index (κ2) is 9.60. The van der Waals surface area contributed by atoms with Crippen LogP contribution in [-0.2, 0) is 19.6 Å². The zero-order valence-corrected chi connectivity index (χ0v) is 16.3. The lowest BCUT2D eigenvalue weighted by molar-refractivity contribution is 0.240. The zero-order valence-electron chi connectivity index (χ0n) is 16.3. The van der Waals surface area contributed by atoms with Crippen molar-refractivity contribution in [2.24, 2.45) is 0 Å². The van der Waals surface area contributed by atoms with Crippen molar-refractivity contribution >= 4 is 6.03 Å². The first-order valence-electron chi connectivity index (χ1n) is 9.41. The summed E-state index contributed by atoms with van der Waals surface area (Å²) in [6.07, 6.45) is 3.86. The minimum atomic E-state index is -0.210. The van der Waals surface area contributed by atoms with E-state index in [2.05, 4.69) is 27.9 Å². The molecule has 146 valence electrons. The van der Waals surface area contributed by atoms with Crippen LogP contribution in [-0.4, -0.2) is 21.9 Å². The third-order valence-electron chi connectivity index (χ3n) is 4.08. The van der Waals surface area contributed by atoms with Crippen LogP contribution in [0.2, 0.25) is 0 Å². The van der Waals surface area contributed by atoms with E-state index in [1.54, 1.807) is 6.20 Å². The van der Waals surface area contributed by atoms with Crippen LogP contribution >= 0.6 is 0 Å². The molecule has 0 saturated heterocycles. The quantitative estimate of drug-likeness (QED) is 0.628. The van der Waals surface area contributed by atoms with Crippen LogP contribution in [0.4, 0.5) is 4.79 Å². The fourth-order valence-corrected chi connectivity index (χ4v) is 2.74. The van der Waals surface area contributed by atoms with Gasteiger partial charge in [0.2, 0.25) is 0 Å². The van der Waals surface area contributed by atoms with Crippen LogP contribution in [0.1, 0.15) is 30.5 Å². The zero-order chi connectivity index (χ0) is 19.8. The van der Waals surface area contributed by atoms with Gasteiger partial charge in [-0.1, -0.05) is 42.5 Å². The van der Waals surface area contributed by atoms with Gasteiger partial charge in [-0.3, -0.25) is 4.68 Å². The van der Waals surface area contributed by atoms with E-state index in [1.807, 2.05) is 67.2 Å². The summed E-state index contributed by atoms with van der Waals surface area (Å²) in [5, 5.41) is 10.1. The molecule has 2 amide bonds. The smallest absolute Gasteiger partial charge is 0.315 e. The summed E-state index contributed by atoms with van der Waals surface area (Å²) < 4.78 is 7.48. The molecule has 1 heterocycles. The van der Waals surface area contributed by atoms with Crippen LogP contribution in [0.15, 0.2) is 67.0 Å². The fraction of sp³-hybridized carbons (Fsp3) is 0.273. The molecule has 3 rings (SSSR count). The fourth-order valence-electron chi connectivity index (χ4n) is 2.74. The SMILES string of the molecule is CC(C)Oc1ccc(CNC(=O)NCc2cnn(Cc3ccccc3)c2)cc1. The van der Waals surface area contributed by atoms with Gasteiger partial charge >= 0.3 is 6.03 Å². The van der Waals surface area contributed by atoms with Gasteiger partial charge in [-0.25, -0.2) is 4.79 Å². The second-order valence-electron chi connectivity index (χ2n) is 6.88. The van der Waals surface area contributed by atoms with E-state index >= 15 is 0 Å². The normalized spacial score (nSPS) is 10.7. The van der Waals surface area contributed by atoms with Gasteiger partial charge in [0.1, 0.15) is 5.75 Å². The van der Waals surface area contributed by atoms with Gasteiger partial charge < -0.3 is 15.4 Å². The highest BCUT2D eigenvalue weighted by molar-refractivity contribution is 5.73. The van der Waals surface area contributed by atoms with Gasteiger partial charge in [0.25, 0.3) is 0 Å². The number of benzene rings is 2. The number of carbonyl (C=O) groups is 1. The molecular weight excluding hydrogens is 352 g/mol. The molecule has 0 aliphatic carbocycles. The lowest BCUT2D eigenvalue weighted by Crippen LogP contribution is -2.34. The molecule has 2 aromatic carbocycles. The molecule has 0 aliphatic rings. The van der Waals surface area contributed by atoms with Gasteiger partial charge in [-0.05, 0) is 37.1 Å². The number of hydrogen-bond donors (Lipinski definition) is 2. The Morgan fingerprint density at radius 2 is 1.64 bits per heavy atom. The Morgan fingerprint density at radius 3 is 2.32 bits per heavy atom. The number of carbonyl (C=O) groups excluding carboxylic acids is 1. The van der Waals surface area contributed by atoms with Gasteiger partial charge in [0, 0.05) is 24.8 Å². The van der Waals surface area contributed by atoms with Crippen molar-refractivity contribution in [3.63, 3.8) is 0 Å². The number of nitrogens with zero attached hydrogens (tertiary/aromatic N) is 2. The van der Waals surface area contributed by atoms with Gasteiger partial charge in [0.05, 0.1) is 18.8 Å². The van der Waals surface area contributed by atoms with Gasteiger partial charge in [-0.2, -0.15) is 5.10 Å². The maximum atomic E-state index is 12.0. The Labute approximate surface area is 165 Å². The third kappa shape index (κ3) is 6.16. The summed E-state index contributed by atoms with van der Waals surface area (Å²) in [5.41, 5.74) is 3.16. The highest BCUT2D eigenvalue weighted by atomic mass is 16.5. The topological polar surface area (TPSA) is 68.2 Å². The molecule has 2 N–H and O–H groups in total. The molecule has 0 spiro atoms. The van der Waals surface area contributed by atoms with Gasteiger partial charge in [-0.15, -0.1) is 0 Å². The molecule has 0 aliphatic heterocycles. The molecule has 0 radical (unpaired) electrons. The van der Waals surface area contributed by atoms with Crippen molar-refractivity contribution in [3.8, 4) is 5.75 Å². The molecule has 0 unspecified atom stereocenters. The highest BCUT2D eigenvalue weighted by Gasteiger charge is 2.04. The Bertz CT molecular complexity index is 873. The number of amides is 2. The first-order valence-corrected chi connectivity index (χ1v) is 9.41. The highest BCUT2D eigenvalue weighted by Crippen LogP contribution is 2.13. The van der Waals surface area contributed by atoms with Crippen LogP contribution < -0.4 is 15.4 Å². The Balaban J connectivity index is 1.41. The summed E-state index contributed by atoms with van der Waals surface area (Å²) in [7, 11) is 0. The molecule has 6 nitrogen and oxygen atoms in total. The van der Waals surface area contributed by atoms with E-state index in [1.165, 1.54) is 5.56 Å². The molecule has 0 saturated carbocycles. The number of rotatable bonds is 8. The molecule has 0 atom stereocenters. The van der Waals surface area contributed by atoms with Crippen molar-refractivity contribution in [1.82, 2.24) is 20.4 Å². The Kier molecular flexibility index (Phi) is 6.68. The predicted molar refractivity (Wildman–Crippen MR) is 109 cm³/mol. The Hall–Kier alpha value is -3.28. The van der Waals surface area contributed by atoms with Crippen LogP contribution in [0, 0.1) is 0 Å². The van der Waals surface area contributed by atoms with E-state index in [4.69, 9.17) is 4.74 Å². The van der Waals surface area contributed by atoms with Crippen LogP contribution in [0.25, 0.3) is 0 Å². The van der Waals surface area contributed by atoms with E-state index in [0.29, 0.717) is 19.6 Å². The van der Waals surface area contributed by atoms with Crippen molar-refractivity contribution < 1.29 is 9.53 Å². The number of hydrogen-bond acceptors (Lipinski definition) is 3. The van der Waals surface area contributed by atoms with E-state index in [9.17, 15) is 4.79 Å². The van der Waals surface area contributed by atoms with E-state index in [0.717, 1.165) is 16.9 Å². The maximum Gasteiger partial charge on any atom is 0.315 e. The molecule has 0 bridgehead atoms. The van der Waals surface area contributed by atoms with Crippen molar-refractivity contribution in [2.75, 3.05) is 0 Å². The lowest BCUT2D eigenvalue weighted by Gasteiger charge is -2.10. The van der Waals surface area contributed by atoms with Crippen molar-refractivity contribution in [3.05, 3.63) is 83.7 Å². The average molecular weight is 378 g/mol. The minimum Gasteiger partial charge on any atom is -0.491 e. The second-order valence-corrected chi connectivity index (χ2v) is 6.88. The van der Waals surface area contributed by atoms with Crippen molar-refractivity contribution in [2.45, 2.75) is 39.6 Å². The Morgan fingerprint density at radius 1 is 0.964 bits per heavy atom.